The van der Waals surface area contributed by atoms with Crippen LogP contribution < -0.4 is 0 Å². The number of hydrogen-bond acceptors (Lipinski definition) is 7. The molecule has 0 unspecified atom stereocenters. The molecule has 0 spiro atoms. The molecule has 2 aliphatic heterocycles. The Bertz CT molecular complexity index is 823. The van der Waals surface area contributed by atoms with Gasteiger partial charge in [0.05, 0.1) is 23.0 Å². The summed E-state index contributed by atoms with van der Waals surface area (Å²) < 4.78 is 0. The lowest BCUT2D eigenvalue weighted by Gasteiger charge is -2.34. The SMILES string of the molecule is C#CCN1CCN(CN2C(=O)S/C(=C/c3ccc([N+](=O)[O-])cc3)C2=O)CC1. The van der Waals surface area contributed by atoms with Gasteiger partial charge in [0.1, 0.15) is 0 Å². The van der Waals surface area contributed by atoms with Gasteiger partial charge in [-0.25, -0.2) is 0 Å². The van der Waals surface area contributed by atoms with E-state index in [1.807, 2.05) is 0 Å². The Labute approximate surface area is 160 Å². The zero-order valence-electron chi connectivity index (χ0n) is 14.5. The number of amides is 2. The Morgan fingerprint density at radius 2 is 1.78 bits per heavy atom. The van der Waals surface area contributed by atoms with Gasteiger partial charge in [0.25, 0.3) is 16.8 Å². The fourth-order valence-electron chi connectivity index (χ4n) is 2.88. The van der Waals surface area contributed by atoms with Crippen LogP contribution >= 0.6 is 11.8 Å². The molecule has 3 rings (SSSR count). The summed E-state index contributed by atoms with van der Waals surface area (Å²) in [6, 6.07) is 5.84. The van der Waals surface area contributed by atoms with E-state index >= 15 is 0 Å². The van der Waals surface area contributed by atoms with Gasteiger partial charge in [-0.15, -0.1) is 6.42 Å². The predicted octanol–water partition coefficient (Wildman–Crippen LogP) is 1.84. The van der Waals surface area contributed by atoms with Gasteiger partial charge in [-0.3, -0.25) is 34.4 Å². The molecule has 2 fully saturated rings. The smallest absolute Gasteiger partial charge is 0.290 e. The normalized spacial score (nSPS) is 20.3. The Morgan fingerprint density at radius 1 is 1.15 bits per heavy atom. The van der Waals surface area contributed by atoms with E-state index in [-0.39, 0.29) is 23.5 Å². The number of rotatable bonds is 5. The highest BCUT2D eigenvalue weighted by molar-refractivity contribution is 8.18. The lowest BCUT2D eigenvalue weighted by atomic mass is 10.2. The lowest BCUT2D eigenvalue weighted by molar-refractivity contribution is -0.384. The summed E-state index contributed by atoms with van der Waals surface area (Å²) in [6.45, 7) is 3.95. The number of nitrogens with zero attached hydrogens (tertiary/aromatic N) is 4. The molecular weight excluding hydrogens is 368 g/mol. The first-order chi connectivity index (χ1) is 13.0. The zero-order valence-corrected chi connectivity index (χ0v) is 15.4. The van der Waals surface area contributed by atoms with Crippen LogP contribution in [0.4, 0.5) is 10.5 Å². The van der Waals surface area contributed by atoms with Crippen molar-refractivity contribution in [3.05, 3.63) is 44.8 Å². The largest absolute Gasteiger partial charge is 0.294 e. The van der Waals surface area contributed by atoms with Gasteiger partial charge in [-0.2, -0.15) is 0 Å². The Hall–Kier alpha value is -2.67. The van der Waals surface area contributed by atoms with E-state index in [2.05, 4.69) is 15.7 Å². The topological polar surface area (TPSA) is 87.0 Å². The predicted molar refractivity (Wildman–Crippen MR) is 103 cm³/mol. The summed E-state index contributed by atoms with van der Waals surface area (Å²) in [5.41, 5.74) is 0.609. The summed E-state index contributed by atoms with van der Waals surface area (Å²) in [7, 11) is 0. The minimum Gasteiger partial charge on any atom is -0.290 e. The van der Waals surface area contributed by atoms with Gasteiger partial charge in [-0.05, 0) is 35.5 Å². The third-order valence-corrected chi connectivity index (χ3v) is 5.30. The highest BCUT2D eigenvalue weighted by Crippen LogP contribution is 2.32. The standard InChI is InChI=1S/C18H18N4O4S/c1-2-7-19-8-10-20(11-9-19)13-21-17(23)16(27-18(21)24)12-14-3-5-15(6-4-14)22(25)26/h1,3-6,12H,7-11,13H2/b16-12+. The fraction of sp³-hybridized carbons (Fsp3) is 0.333. The molecule has 0 N–H and O–H groups in total. The van der Waals surface area contributed by atoms with Crippen molar-refractivity contribution in [2.75, 3.05) is 39.4 Å². The van der Waals surface area contributed by atoms with Gasteiger partial charge >= 0.3 is 0 Å². The molecule has 27 heavy (non-hydrogen) atoms. The van der Waals surface area contributed by atoms with E-state index in [1.54, 1.807) is 18.2 Å². The van der Waals surface area contributed by atoms with E-state index in [0.29, 0.717) is 17.0 Å². The molecule has 8 nitrogen and oxygen atoms in total. The summed E-state index contributed by atoms with van der Waals surface area (Å²) in [5.74, 6) is 2.28. The maximum absolute atomic E-state index is 12.6. The fourth-order valence-corrected chi connectivity index (χ4v) is 3.71. The number of benzene rings is 1. The van der Waals surface area contributed by atoms with Crippen LogP contribution in [0.5, 0.6) is 0 Å². The van der Waals surface area contributed by atoms with E-state index in [0.717, 1.165) is 37.9 Å². The number of carbonyl (C=O) groups excluding carboxylic acids is 2. The van der Waals surface area contributed by atoms with Crippen molar-refractivity contribution in [2.45, 2.75) is 0 Å². The second kappa shape index (κ2) is 8.35. The van der Waals surface area contributed by atoms with E-state index in [4.69, 9.17) is 6.42 Å². The number of nitro benzene ring substituents is 1. The van der Waals surface area contributed by atoms with Crippen molar-refractivity contribution in [1.29, 1.82) is 0 Å². The second-order valence-corrected chi connectivity index (χ2v) is 7.19. The van der Waals surface area contributed by atoms with Crippen LogP contribution in [0, 0.1) is 22.5 Å². The highest BCUT2D eigenvalue weighted by Gasteiger charge is 2.36. The monoisotopic (exact) mass is 386 g/mol. The van der Waals surface area contributed by atoms with Crippen molar-refractivity contribution >= 4 is 34.7 Å². The molecule has 9 heteroatoms. The molecule has 140 valence electrons. The number of thioether (sulfide) groups is 1. The maximum Gasteiger partial charge on any atom is 0.294 e. The van der Waals surface area contributed by atoms with Gasteiger partial charge < -0.3 is 0 Å². The van der Waals surface area contributed by atoms with Crippen LogP contribution in [-0.4, -0.2) is 70.2 Å². The first-order valence-corrected chi connectivity index (χ1v) is 9.17. The minimum absolute atomic E-state index is 0.0239. The average Bonchev–Trinajstić information content (AvgIpc) is 2.91. The van der Waals surface area contributed by atoms with Crippen LogP contribution in [0.1, 0.15) is 5.56 Å². The number of nitro groups is 1. The van der Waals surface area contributed by atoms with Crippen LogP contribution in [0.15, 0.2) is 29.2 Å². The number of terminal acetylenes is 1. The summed E-state index contributed by atoms with van der Waals surface area (Å²) >= 11 is 0.885. The molecule has 0 aromatic heterocycles. The third-order valence-electron chi connectivity index (χ3n) is 4.40. The molecule has 2 saturated heterocycles. The van der Waals surface area contributed by atoms with E-state index < -0.39 is 4.92 Å². The summed E-state index contributed by atoms with van der Waals surface area (Å²) in [6.07, 6.45) is 6.90. The third kappa shape index (κ3) is 4.54. The minimum atomic E-state index is -0.485. The zero-order chi connectivity index (χ0) is 19.4. The van der Waals surface area contributed by atoms with Gasteiger partial charge in [0.2, 0.25) is 0 Å². The quantitative estimate of drug-likeness (QED) is 0.330. The van der Waals surface area contributed by atoms with Crippen molar-refractivity contribution < 1.29 is 14.5 Å². The molecule has 0 aliphatic carbocycles. The maximum atomic E-state index is 12.6. The number of imide groups is 1. The molecule has 1 aromatic carbocycles. The van der Waals surface area contributed by atoms with E-state index in [1.165, 1.54) is 17.0 Å². The Morgan fingerprint density at radius 3 is 2.37 bits per heavy atom. The van der Waals surface area contributed by atoms with Gasteiger partial charge in [0, 0.05) is 38.3 Å². The molecule has 0 bridgehead atoms. The molecule has 0 radical (unpaired) electrons. The van der Waals surface area contributed by atoms with E-state index in [9.17, 15) is 19.7 Å². The average molecular weight is 386 g/mol. The Kier molecular flexibility index (Phi) is 5.91. The van der Waals surface area contributed by atoms with Crippen molar-refractivity contribution in [3.63, 3.8) is 0 Å². The number of carbonyl (C=O) groups is 2. The molecular formula is C18H18N4O4S. The summed E-state index contributed by atoms with van der Waals surface area (Å²) in [4.78, 5) is 40.8. The van der Waals surface area contributed by atoms with Crippen LogP contribution in [0.2, 0.25) is 0 Å². The second-order valence-electron chi connectivity index (χ2n) is 6.20. The molecule has 2 aliphatic rings. The number of hydrogen-bond donors (Lipinski definition) is 0. The van der Waals surface area contributed by atoms with Crippen LogP contribution in [0.25, 0.3) is 6.08 Å². The van der Waals surface area contributed by atoms with Gasteiger partial charge in [-0.1, -0.05) is 5.92 Å². The molecule has 2 amide bonds. The molecule has 1 aromatic rings. The molecule has 0 atom stereocenters. The lowest BCUT2D eigenvalue weighted by Crippen LogP contribution is -2.50. The van der Waals surface area contributed by atoms with Crippen molar-refractivity contribution in [2.24, 2.45) is 0 Å². The first-order valence-electron chi connectivity index (χ1n) is 8.36. The molecule has 2 heterocycles. The number of non-ortho nitro benzene ring substituents is 1. The highest BCUT2D eigenvalue weighted by atomic mass is 32.2. The first kappa shape index (κ1) is 19.1. The molecule has 0 saturated carbocycles. The summed E-state index contributed by atoms with van der Waals surface area (Å²) in [5, 5.41) is 10.4. The number of piperazine rings is 1. The van der Waals surface area contributed by atoms with Gasteiger partial charge in [0.15, 0.2) is 0 Å². The Balaban J connectivity index is 1.63. The van der Waals surface area contributed by atoms with Crippen molar-refractivity contribution in [3.8, 4) is 12.3 Å². The van der Waals surface area contributed by atoms with Crippen molar-refractivity contribution in [1.82, 2.24) is 14.7 Å². The van der Waals surface area contributed by atoms with Crippen LogP contribution in [-0.2, 0) is 4.79 Å². The van der Waals surface area contributed by atoms with Crippen LogP contribution in [0.3, 0.4) is 0 Å².